The summed E-state index contributed by atoms with van der Waals surface area (Å²) in [7, 11) is 3.39. The summed E-state index contributed by atoms with van der Waals surface area (Å²) in [5, 5.41) is 0. The Morgan fingerprint density at radius 3 is 2.69 bits per heavy atom. The molecule has 0 spiro atoms. The molecular weight excluding hydrogens is 368 g/mol. The average Bonchev–Trinajstić information content (AvgIpc) is 3.27. The lowest BCUT2D eigenvalue weighted by atomic mass is 9.95. The minimum atomic E-state index is 0.498. The lowest BCUT2D eigenvalue weighted by molar-refractivity contribution is 0.159. The third kappa shape index (κ3) is 3.27. The van der Waals surface area contributed by atoms with Gasteiger partial charge in [0.25, 0.3) is 0 Å². The highest BCUT2D eigenvalue weighted by Crippen LogP contribution is 2.34. The predicted molar refractivity (Wildman–Crippen MR) is 111 cm³/mol. The third-order valence-electron chi connectivity index (χ3n) is 6.16. The van der Waals surface area contributed by atoms with Crippen LogP contribution in [0.3, 0.4) is 0 Å². The molecule has 0 radical (unpaired) electrons. The Kier molecular flexibility index (Phi) is 4.71. The van der Waals surface area contributed by atoms with E-state index in [9.17, 15) is 0 Å². The number of H-pyrrole nitrogens is 1. The number of benzene rings is 1. The summed E-state index contributed by atoms with van der Waals surface area (Å²) in [6, 6.07) is 4.77. The number of methoxy groups -OCH3 is 2. The summed E-state index contributed by atoms with van der Waals surface area (Å²) in [6.45, 7) is 3.98. The first-order chi connectivity index (χ1) is 14.3. The molecule has 0 amide bonds. The van der Waals surface area contributed by atoms with E-state index in [4.69, 9.17) is 9.47 Å². The summed E-state index contributed by atoms with van der Waals surface area (Å²) < 4.78 is 11.0. The average molecular weight is 394 g/mol. The maximum absolute atomic E-state index is 5.52. The fourth-order valence-corrected chi connectivity index (χ4v) is 4.65. The molecule has 3 aromatic rings. The molecule has 2 aromatic heterocycles. The van der Waals surface area contributed by atoms with Crippen molar-refractivity contribution in [2.45, 2.75) is 31.8 Å². The van der Waals surface area contributed by atoms with E-state index in [1.807, 2.05) is 0 Å². The zero-order valence-electron chi connectivity index (χ0n) is 16.9. The van der Waals surface area contributed by atoms with Crippen LogP contribution in [0.1, 0.15) is 24.0 Å². The number of piperidine rings is 1. The van der Waals surface area contributed by atoms with Gasteiger partial charge in [-0.05, 0) is 42.5 Å². The first kappa shape index (κ1) is 18.2. The molecule has 1 N–H and O–H groups in total. The predicted octanol–water partition coefficient (Wildman–Crippen LogP) is 2.40. The molecule has 29 heavy (non-hydrogen) atoms. The van der Waals surface area contributed by atoms with Crippen molar-refractivity contribution >= 4 is 17.0 Å². The fourth-order valence-electron chi connectivity index (χ4n) is 4.65. The molecule has 5 rings (SSSR count). The minimum absolute atomic E-state index is 0.498. The maximum Gasteiger partial charge on any atom is 0.182 e. The van der Waals surface area contributed by atoms with Crippen LogP contribution in [0.2, 0.25) is 0 Å². The van der Waals surface area contributed by atoms with Crippen molar-refractivity contribution in [2.24, 2.45) is 0 Å². The monoisotopic (exact) mass is 394 g/mol. The highest BCUT2D eigenvalue weighted by atomic mass is 16.5. The summed E-state index contributed by atoms with van der Waals surface area (Å²) >= 11 is 0. The Morgan fingerprint density at radius 1 is 1.03 bits per heavy atom. The van der Waals surface area contributed by atoms with Crippen molar-refractivity contribution in [3.63, 3.8) is 0 Å². The molecule has 1 aromatic carbocycles. The van der Waals surface area contributed by atoms with Crippen molar-refractivity contribution in [3.8, 4) is 11.5 Å². The number of fused-ring (bicyclic) bond motifs is 2. The van der Waals surface area contributed by atoms with E-state index in [-0.39, 0.29) is 0 Å². The zero-order chi connectivity index (χ0) is 19.8. The van der Waals surface area contributed by atoms with Gasteiger partial charge in [0.1, 0.15) is 11.8 Å². The van der Waals surface area contributed by atoms with Crippen molar-refractivity contribution in [1.29, 1.82) is 0 Å². The van der Waals surface area contributed by atoms with Gasteiger partial charge < -0.3 is 19.4 Å². The number of hydrogen-bond acceptors (Lipinski definition) is 7. The molecule has 0 saturated carbocycles. The number of anilines is 1. The molecule has 0 unspecified atom stereocenters. The van der Waals surface area contributed by atoms with Crippen molar-refractivity contribution in [1.82, 2.24) is 24.8 Å². The molecule has 152 valence electrons. The van der Waals surface area contributed by atoms with Crippen LogP contribution < -0.4 is 14.4 Å². The Balaban J connectivity index is 1.36. The molecule has 1 saturated heterocycles. The number of ether oxygens (including phenoxy) is 2. The van der Waals surface area contributed by atoms with E-state index in [2.05, 4.69) is 41.9 Å². The van der Waals surface area contributed by atoms with E-state index in [1.54, 1.807) is 26.9 Å². The van der Waals surface area contributed by atoms with Crippen LogP contribution >= 0.6 is 0 Å². The van der Waals surface area contributed by atoms with Crippen LogP contribution in [-0.4, -0.2) is 64.7 Å². The molecular formula is C21H26N6O2. The van der Waals surface area contributed by atoms with Crippen LogP contribution in [0.4, 0.5) is 5.82 Å². The van der Waals surface area contributed by atoms with Gasteiger partial charge in [0.2, 0.25) is 0 Å². The third-order valence-corrected chi connectivity index (χ3v) is 6.16. The minimum Gasteiger partial charge on any atom is -0.493 e. The Labute approximate surface area is 169 Å². The van der Waals surface area contributed by atoms with Crippen molar-refractivity contribution in [2.75, 3.05) is 38.8 Å². The first-order valence-corrected chi connectivity index (χ1v) is 10.1. The van der Waals surface area contributed by atoms with Gasteiger partial charge in [-0.2, -0.15) is 0 Å². The van der Waals surface area contributed by atoms with E-state index in [1.165, 1.54) is 17.5 Å². The van der Waals surface area contributed by atoms with E-state index < -0.39 is 0 Å². The quantitative estimate of drug-likeness (QED) is 0.728. The molecule has 2 aliphatic rings. The van der Waals surface area contributed by atoms with Gasteiger partial charge >= 0.3 is 0 Å². The summed E-state index contributed by atoms with van der Waals surface area (Å²) in [5.41, 5.74) is 4.35. The van der Waals surface area contributed by atoms with Gasteiger partial charge in [0.05, 0.1) is 20.5 Å². The molecule has 2 aliphatic heterocycles. The summed E-state index contributed by atoms with van der Waals surface area (Å²) in [4.78, 5) is 21.3. The van der Waals surface area contributed by atoms with Crippen LogP contribution in [-0.2, 0) is 13.0 Å². The van der Waals surface area contributed by atoms with Gasteiger partial charge in [-0.15, -0.1) is 0 Å². The fraction of sp³-hybridized carbons (Fsp3) is 0.476. The second-order valence-electron chi connectivity index (χ2n) is 7.74. The topological polar surface area (TPSA) is 79.4 Å². The SMILES string of the molecule is COc1cc2c(cc1OC)CN([C@H]1CCCN(c3ncnc4nc[nH]c34)C1)CC2. The lowest BCUT2D eigenvalue weighted by Gasteiger charge is -2.42. The Bertz CT molecular complexity index is 1020. The van der Waals surface area contributed by atoms with Gasteiger partial charge in [-0.1, -0.05) is 0 Å². The number of imidazole rings is 1. The number of nitrogens with zero attached hydrogens (tertiary/aromatic N) is 5. The van der Waals surface area contributed by atoms with Crippen LogP contribution in [0, 0.1) is 0 Å². The van der Waals surface area contributed by atoms with E-state index >= 15 is 0 Å². The maximum atomic E-state index is 5.52. The Hall–Kier alpha value is -2.87. The highest BCUT2D eigenvalue weighted by Gasteiger charge is 2.30. The van der Waals surface area contributed by atoms with Gasteiger partial charge in [-0.3, -0.25) is 4.90 Å². The molecule has 0 bridgehead atoms. The number of rotatable bonds is 4. The summed E-state index contributed by atoms with van der Waals surface area (Å²) in [5.74, 6) is 2.58. The van der Waals surface area contributed by atoms with Gasteiger partial charge in [-0.25, -0.2) is 15.0 Å². The van der Waals surface area contributed by atoms with E-state index in [0.29, 0.717) is 6.04 Å². The largest absolute Gasteiger partial charge is 0.493 e. The summed E-state index contributed by atoms with van der Waals surface area (Å²) in [6.07, 6.45) is 6.69. The van der Waals surface area contributed by atoms with Crippen LogP contribution in [0.25, 0.3) is 11.2 Å². The highest BCUT2D eigenvalue weighted by molar-refractivity contribution is 5.82. The van der Waals surface area contributed by atoms with Crippen molar-refractivity contribution < 1.29 is 9.47 Å². The van der Waals surface area contributed by atoms with Crippen molar-refractivity contribution in [3.05, 3.63) is 35.9 Å². The normalized spacial score (nSPS) is 19.9. The van der Waals surface area contributed by atoms with Crippen LogP contribution in [0.15, 0.2) is 24.8 Å². The number of hydrogen-bond donors (Lipinski definition) is 1. The molecule has 0 aliphatic carbocycles. The smallest absolute Gasteiger partial charge is 0.182 e. The van der Waals surface area contributed by atoms with E-state index in [0.717, 1.165) is 67.5 Å². The molecule has 8 nitrogen and oxygen atoms in total. The second kappa shape index (κ2) is 7.51. The Morgan fingerprint density at radius 2 is 1.86 bits per heavy atom. The molecule has 4 heterocycles. The zero-order valence-corrected chi connectivity index (χ0v) is 16.9. The first-order valence-electron chi connectivity index (χ1n) is 10.1. The van der Waals surface area contributed by atoms with Gasteiger partial charge in [0, 0.05) is 32.2 Å². The number of nitrogens with one attached hydrogen (secondary N) is 1. The molecule has 8 heteroatoms. The van der Waals surface area contributed by atoms with Gasteiger partial charge in [0.15, 0.2) is 23.0 Å². The number of aromatic nitrogens is 4. The second-order valence-corrected chi connectivity index (χ2v) is 7.74. The molecule has 1 fully saturated rings. The number of aromatic amines is 1. The van der Waals surface area contributed by atoms with Crippen LogP contribution in [0.5, 0.6) is 11.5 Å². The molecule has 1 atom stereocenters. The standard InChI is InChI=1S/C21H26N6O2/c1-28-17-8-14-5-7-26(10-15(14)9-18(17)29-2)16-4-3-6-27(11-16)21-19-20(23-12-22-19)24-13-25-21/h8-9,12-13,16H,3-7,10-11H2,1-2H3,(H,22,23,24,25)/t16-/m0/s1. The lowest BCUT2D eigenvalue weighted by Crippen LogP contribution is -2.49.